The van der Waals surface area contributed by atoms with Gasteiger partial charge >= 0.3 is 0 Å². The highest BCUT2D eigenvalue weighted by atomic mass is 15.2. The van der Waals surface area contributed by atoms with Gasteiger partial charge in [0.15, 0.2) is 0 Å². The van der Waals surface area contributed by atoms with Crippen LogP contribution in [-0.4, -0.2) is 10.6 Å². The molecule has 0 fully saturated rings. The molecule has 0 bridgehead atoms. The smallest absolute Gasteiger partial charge is 0.0541 e. The van der Waals surface area contributed by atoms with E-state index in [9.17, 15) is 0 Å². The van der Waals surface area contributed by atoms with Crippen LogP contribution in [0.5, 0.6) is 0 Å². The second-order valence-electron chi connectivity index (χ2n) is 10.5. The van der Waals surface area contributed by atoms with Crippen molar-refractivity contribution >= 4 is 27.5 Å². The number of allylic oxidation sites excluding steroid dienone is 6. The van der Waals surface area contributed by atoms with Gasteiger partial charge in [0.25, 0.3) is 0 Å². The normalized spacial score (nSPS) is 20.6. The second kappa shape index (κ2) is 9.96. The molecule has 1 aromatic heterocycles. The fourth-order valence-electron chi connectivity index (χ4n) is 6.20. The van der Waals surface area contributed by atoms with Crippen LogP contribution < -0.4 is 4.90 Å². The van der Waals surface area contributed by atoms with Gasteiger partial charge in [0.05, 0.1) is 11.0 Å². The molecule has 2 unspecified atom stereocenters. The molecule has 0 N–H and O–H groups in total. The molecule has 0 amide bonds. The van der Waals surface area contributed by atoms with Crippen molar-refractivity contribution in [3.8, 4) is 5.69 Å². The van der Waals surface area contributed by atoms with E-state index in [1.807, 2.05) is 0 Å². The van der Waals surface area contributed by atoms with Crippen LogP contribution in [-0.2, 0) is 6.42 Å². The van der Waals surface area contributed by atoms with E-state index in [1.54, 1.807) is 0 Å². The Kier molecular flexibility index (Phi) is 6.01. The summed E-state index contributed by atoms with van der Waals surface area (Å²) in [7, 11) is 0. The summed E-state index contributed by atoms with van der Waals surface area (Å²) in [6, 6.07) is 35.6. The Labute approximate surface area is 230 Å². The van der Waals surface area contributed by atoms with E-state index in [4.69, 9.17) is 0 Å². The predicted molar refractivity (Wildman–Crippen MR) is 166 cm³/mol. The van der Waals surface area contributed by atoms with Gasteiger partial charge in [-0.15, -0.1) is 0 Å². The molecule has 0 saturated carbocycles. The van der Waals surface area contributed by atoms with Crippen LogP contribution in [0.2, 0.25) is 0 Å². The number of benzene rings is 4. The van der Waals surface area contributed by atoms with Gasteiger partial charge < -0.3 is 9.47 Å². The van der Waals surface area contributed by atoms with Crippen LogP contribution in [0.15, 0.2) is 145 Å². The van der Waals surface area contributed by atoms with Crippen molar-refractivity contribution in [2.24, 2.45) is 0 Å². The summed E-state index contributed by atoms with van der Waals surface area (Å²) in [4.78, 5) is 2.48. The number of hydrogen-bond donors (Lipinski definition) is 0. The number of fused-ring (bicyclic) bond motifs is 4. The summed E-state index contributed by atoms with van der Waals surface area (Å²) < 4.78 is 2.38. The number of nitrogens with zero attached hydrogens (tertiary/aromatic N) is 2. The van der Waals surface area contributed by atoms with Crippen molar-refractivity contribution in [2.45, 2.75) is 31.7 Å². The lowest BCUT2D eigenvalue weighted by Gasteiger charge is -2.34. The molecule has 1 aliphatic heterocycles. The van der Waals surface area contributed by atoms with E-state index in [2.05, 4.69) is 156 Å². The van der Waals surface area contributed by atoms with Crippen molar-refractivity contribution in [1.29, 1.82) is 0 Å². The summed E-state index contributed by atoms with van der Waals surface area (Å²) in [5.74, 6) is 0.376. The van der Waals surface area contributed by atoms with E-state index in [-0.39, 0.29) is 6.04 Å². The van der Waals surface area contributed by atoms with Crippen LogP contribution in [0.25, 0.3) is 27.5 Å². The first-order chi connectivity index (χ1) is 19.3. The summed E-state index contributed by atoms with van der Waals surface area (Å²) >= 11 is 0. The first-order valence-electron chi connectivity index (χ1n) is 14.0. The molecule has 2 nitrogen and oxygen atoms in total. The van der Waals surface area contributed by atoms with E-state index < -0.39 is 0 Å². The lowest BCUT2D eigenvalue weighted by molar-refractivity contribution is 0.788. The quantitative estimate of drug-likeness (QED) is 0.238. The van der Waals surface area contributed by atoms with Gasteiger partial charge in [-0.2, -0.15) is 0 Å². The van der Waals surface area contributed by atoms with Crippen LogP contribution in [0.3, 0.4) is 0 Å². The molecule has 2 heterocycles. The zero-order valence-electron chi connectivity index (χ0n) is 22.2. The molecule has 2 atom stereocenters. The van der Waals surface area contributed by atoms with Gasteiger partial charge in [0, 0.05) is 39.8 Å². The maximum absolute atomic E-state index is 2.48. The molecule has 4 aromatic carbocycles. The summed E-state index contributed by atoms with van der Waals surface area (Å²) in [5.41, 5.74) is 8.99. The Balaban J connectivity index is 1.18. The zero-order chi connectivity index (χ0) is 26.2. The third-order valence-electron chi connectivity index (χ3n) is 8.15. The molecule has 0 saturated heterocycles. The Morgan fingerprint density at radius 3 is 2.10 bits per heavy atom. The van der Waals surface area contributed by atoms with Crippen molar-refractivity contribution in [1.82, 2.24) is 4.57 Å². The number of rotatable bonds is 3. The Morgan fingerprint density at radius 1 is 0.692 bits per heavy atom. The molecule has 0 radical (unpaired) electrons. The third-order valence-corrected chi connectivity index (χ3v) is 8.15. The highest BCUT2D eigenvalue weighted by molar-refractivity contribution is 6.09. The number of para-hydroxylation sites is 3. The lowest BCUT2D eigenvalue weighted by Crippen LogP contribution is -2.31. The van der Waals surface area contributed by atoms with Gasteiger partial charge in [0.2, 0.25) is 0 Å². The zero-order valence-corrected chi connectivity index (χ0v) is 22.2. The monoisotopic (exact) mass is 504 g/mol. The first-order valence-corrected chi connectivity index (χ1v) is 14.0. The molecule has 2 aliphatic rings. The van der Waals surface area contributed by atoms with Crippen LogP contribution >= 0.6 is 0 Å². The largest absolute Gasteiger partial charge is 0.335 e. The van der Waals surface area contributed by atoms with Gasteiger partial charge in [-0.05, 0) is 67.3 Å². The van der Waals surface area contributed by atoms with Crippen molar-refractivity contribution in [3.63, 3.8) is 0 Å². The molecule has 5 aromatic rings. The van der Waals surface area contributed by atoms with Crippen LogP contribution in [0, 0.1) is 0 Å². The standard InChI is InChI=1S/C37H32N2/c1-27-11-3-2-4-12-30-13-5-8-16-35(30)38(27)31-23-19-28(20-24-31)29-21-25-32(26-22-29)39-36-17-9-6-14-33(36)34-15-7-10-18-37(34)39/h2-11,13-19,21-28H,12,20H2,1H3/b4-2-,11-3-. The molecule has 2 heteroatoms. The van der Waals surface area contributed by atoms with E-state index in [0.717, 1.165) is 12.8 Å². The van der Waals surface area contributed by atoms with Gasteiger partial charge in [0.1, 0.15) is 0 Å². The lowest BCUT2D eigenvalue weighted by atomic mass is 9.91. The van der Waals surface area contributed by atoms with E-state index in [0.29, 0.717) is 5.92 Å². The summed E-state index contributed by atoms with van der Waals surface area (Å²) in [5, 5.41) is 2.60. The minimum atomic E-state index is 0.270. The highest BCUT2D eigenvalue weighted by Crippen LogP contribution is 2.35. The first kappa shape index (κ1) is 23.5. The molecular weight excluding hydrogens is 472 g/mol. The molecule has 0 spiro atoms. The molecule has 7 rings (SSSR count). The topological polar surface area (TPSA) is 8.17 Å². The van der Waals surface area contributed by atoms with Crippen LogP contribution in [0.1, 0.15) is 30.4 Å². The molecule has 190 valence electrons. The summed E-state index contributed by atoms with van der Waals surface area (Å²) in [6.07, 6.45) is 17.9. The third kappa shape index (κ3) is 4.23. The predicted octanol–water partition coefficient (Wildman–Crippen LogP) is 9.27. The van der Waals surface area contributed by atoms with Crippen molar-refractivity contribution in [3.05, 3.63) is 156 Å². The fraction of sp³-hybridized carbons (Fsp3) is 0.135. The van der Waals surface area contributed by atoms with Gasteiger partial charge in [-0.25, -0.2) is 0 Å². The molecule has 39 heavy (non-hydrogen) atoms. The number of anilines is 1. The molecular formula is C37H32N2. The molecule has 1 aliphatic carbocycles. The summed E-state index contributed by atoms with van der Waals surface area (Å²) in [6.45, 7) is 2.28. The Hall–Kier alpha value is -4.56. The van der Waals surface area contributed by atoms with Crippen LogP contribution in [0.4, 0.5) is 5.69 Å². The Morgan fingerprint density at radius 2 is 1.38 bits per heavy atom. The maximum Gasteiger partial charge on any atom is 0.0541 e. The van der Waals surface area contributed by atoms with Gasteiger partial charge in [-0.1, -0.05) is 103 Å². The number of aromatic nitrogens is 1. The average Bonchev–Trinajstić information content (AvgIpc) is 3.36. The van der Waals surface area contributed by atoms with Crippen molar-refractivity contribution < 1.29 is 0 Å². The SMILES string of the molecule is CC1/C=C\C=C/Cc2ccccc2N1C1=CCC(c2ccc(-n3c4ccccc4c4ccccc43)cc2)C=C1. The minimum Gasteiger partial charge on any atom is -0.335 e. The van der Waals surface area contributed by atoms with E-state index >= 15 is 0 Å². The highest BCUT2D eigenvalue weighted by Gasteiger charge is 2.22. The second-order valence-corrected chi connectivity index (χ2v) is 10.5. The van der Waals surface area contributed by atoms with Crippen molar-refractivity contribution in [2.75, 3.05) is 4.90 Å². The average molecular weight is 505 g/mol. The fourth-order valence-corrected chi connectivity index (χ4v) is 6.20. The van der Waals surface area contributed by atoms with Gasteiger partial charge in [-0.3, -0.25) is 0 Å². The van der Waals surface area contributed by atoms with E-state index in [1.165, 1.54) is 50.0 Å². The maximum atomic E-state index is 2.48. The minimum absolute atomic E-state index is 0.270. The Bertz CT molecular complexity index is 1720. The number of hydrogen-bond acceptors (Lipinski definition) is 1.